The van der Waals surface area contributed by atoms with E-state index in [9.17, 15) is 19.3 Å². The summed E-state index contributed by atoms with van der Waals surface area (Å²) in [6.07, 6.45) is 0.543. The fraction of sp³-hybridized carbons (Fsp3) is 0.0667. The molecule has 5 rings (SSSR count). The molecule has 1 aromatic heterocycles. The Morgan fingerprint density at radius 1 is 0.895 bits per heavy atom. The van der Waals surface area contributed by atoms with E-state index < -0.39 is 16.6 Å². The smallest absolute Gasteiger partial charge is 0.271 e. The Labute approximate surface area is 218 Å². The van der Waals surface area contributed by atoms with E-state index in [2.05, 4.69) is 10.4 Å². The van der Waals surface area contributed by atoms with Crippen LogP contribution in [0.3, 0.4) is 0 Å². The lowest BCUT2D eigenvalue weighted by molar-refractivity contribution is -0.384. The Bertz CT molecular complexity index is 1590. The van der Waals surface area contributed by atoms with Crippen molar-refractivity contribution in [2.45, 2.75) is 12.5 Å². The first-order valence-electron chi connectivity index (χ1n) is 12.0. The van der Waals surface area contributed by atoms with Crippen molar-refractivity contribution in [3.63, 3.8) is 0 Å². The number of hydrogen-bond acceptors (Lipinski definition) is 4. The van der Waals surface area contributed by atoms with Crippen molar-refractivity contribution in [1.82, 2.24) is 15.1 Å². The van der Waals surface area contributed by atoms with Gasteiger partial charge in [-0.3, -0.25) is 14.9 Å². The van der Waals surface area contributed by atoms with Gasteiger partial charge in [-0.25, -0.2) is 9.07 Å². The van der Waals surface area contributed by atoms with Crippen LogP contribution in [0.15, 0.2) is 115 Å². The van der Waals surface area contributed by atoms with E-state index in [1.54, 1.807) is 24.3 Å². The minimum atomic E-state index is -0.518. The molecule has 1 heterocycles. The molecule has 0 spiro atoms. The highest BCUT2D eigenvalue weighted by Gasteiger charge is 2.23. The number of carbonyl (C=O) groups is 1. The van der Waals surface area contributed by atoms with Gasteiger partial charge in [0, 0.05) is 17.7 Å². The molecule has 1 atom stereocenters. The maximum absolute atomic E-state index is 14.6. The highest BCUT2D eigenvalue weighted by atomic mass is 19.1. The molecule has 38 heavy (non-hydrogen) atoms. The quantitative estimate of drug-likeness (QED) is 0.198. The minimum absolute atomic E-state index is 0.123. The van der Waals surface area contributed by atoms with Gasteiger partial charge in [-0.1, -0.05) is 78.9 Å². The second kappa shape index (κ2) is 10.9. The Kier molecular flexibility index (Phi) is 7.04. The third-order valence-electron chi connectivity index (χ3n) is 6.17. The molecule has 0 saturated heterocycles. The van der Waals surface area contributed by atoms with E-state index in [0.717, 1.165) is 11.1 Å². The summed E-state index contributed by atoms with van der Waals surface area (Å²) < 4.78 is 15.9. The summed E-state index contributed by atoms with van der Waals surface area (Å²) in [5.41, 5.74) is 2.70. The van der Waals surface area contributed by atoms with Crippen LogP contribution in [0.5, 0.6) is 0 Å². The van der Waals surface area contributed by atoms with Crippen molar-refractivity contribution >= 4 is 11.6 Å². The van der Waals surface area contributed by atoms with Crippen LogP contribution in [0.2, 0.25) is 0 Å². The van der Waals surface area contributed by atoms with Gasteiger partial charge in [-0.2, -0.15) is 5.10 Å². The van der Waals surface area contributed by atoms with Crippen molar-refractivity contribution in [3.05, 3.63) is 148 Å². The summed E-state index contributed by atoms with van der Waals surface area (Å²) >= 11 is 0. The van der Waals surface area contributed by atoms with Crippen LogP contribution in [0.1, 0.15) is 27.7 Å². The zero-order valence-electron chi connectivity index (χ0n) is 20.2. The summed E-state index contributed by atoms with van der Waals surface area (Å²) in [6, 6.07) is 32.5. The predicted octanol–water partition coefficient (Wildman–Crippen LogP) is 6.30. The molecule has 1 N–H and O–H groups in total. The van der Waals surface area contributed by atoms with Gasteiger partial charge in [0.15, 0.2) is 0 Å². The molecule has 0 fully saturated rings. The number of nitro groups is 1. The maximum atomic E-state index is 14.6. The number of nitro benzene ring substituents is 1. The van der Waals surface area contributed by atoms with Gasteiger partial charge in [0.25, 0.3) is 11.6 Å². The zero-order valence-corrected chi connectivity index (χ0v) is 20.2. The van der Waals surface area contributed by atoms with E-state index in [4.69, 9.17) is 0 Å². The lowest BCUT2D eigenvalue weighted by Crippen LogP contribution is -2.31. The first kappa shape index (κ1) is 24.6. The molecule has 0 saturated carbocycles. The van der Waals surface area contributed by atoms with E-state index in [1.165, 1.54) is 35.0 Å². The molecule has 1 amide bonds. The molecule has 0 aliphatic carbocycles. The van der Waals surface area contributed by atoms with Crippen LogP contribution in [0.4, 0.5) is 10.1 Å². The second-order valence-electron chi connectivity index (χ2n) is 8.71. The minimum Gasteiger partial charge on any atom is -0.344 e. The fourth-order valence-electron chi connectivity index (χ4n) is 4.30. The average molecular weight is 507 g/mol. The number of halogens is 1. The lowest BCUT2D eigenvalue weighted by Gasteiger charge is -2.20. The van der Waals surface area contributed by atoms with Gasteiger partial charge < -0.3 is 5.32 Å². The molecular formula is C30H23FN4O3. The third-order valence-corrected chi connectivity index (χ3v) is 6.17. The number of nitrogens with zero attached hydrogens (tertiary/aromatic N) is 3. The first-order valence-corrected chi connectivity index (χ1v) is 12.0. The van der Waals surface area contributed by atoms with E-state index in [-0.39, 0.29) is 28.7 Å². The Morgan fingerprint density at radius 2 is 1.58 bits per heavy atom. The molecule has 0 aliphatic heterocycles. The molecule has 0 bridgehead atoms. The van der Waals surface area contributed by atoms with Crippen molar-refractivity contribution in [2.24, 2.45) is 0 Å². The number of aromatic nitrogens is 2. The van der Waals surface area contributed by atoms with Crippen LogP contribution >= 0.6 is 0 Å². The monoisotopic (exact) mass is 506 g/mol. The van der Waals surface area contributed by atoms with Crippen molar-refractivity contribution in [3.8, 4) is 16.9 Å². The predicted molar refractivity (Wildman–Crippen MR) is 142 cm³/mol. The third kappa shape index (κ3) is 5.34. The Hall–Kier alpha value is -5.11. The summed E-state index contributed by atoms with van der Waals surface area (Å²) in [6.45, 7) is 0. The van der Waals surface area contributed by atoms with Gasteiger partial charge in [0.05, 0.1) is 22.3 Å². The van der Waals surface area contributed by atoms with Gasteiger partial charge >= 0.3 is 0 Å². The van der Waals surface area contributed by atoms with Gasteiger partial charge in [-0.15, -0.1) is 0 Å². The van der Waals surface area contributed by atoms with E-state index >= 15 is 0 Å². The summed E-state index contributed by atoms with van der Waals surface area (Å²) in [5, 5.41) is 19.0. The molecule has 1 unspecified atom stereocenters. The number of nitrogens with one attached hydrogen (secondary N) is 1. The van der Waals surface area contributed by atoms with Gasteiger partial charge in [0.1, 0.15) is 11.5 Å². The van der Waals surface area contributed by atoms with Crippen LogP contribution in [-0.2, 0) is 6.42 Å². The zero-order chi connectivity index (χ0) is 26.5. The highest BCUT2D eigenvalue weighted by molar-refractivity contribution is 5.94. The molecule has 188 valence electrons. The average Bonchev–Trinajstić information content (AvgIpc) is 3.39. The van der Waals surface area contributed by atoms with Crippen LogP contribution in [0.25, 0.3) is 16.9 Å². The number of amides is 1. The maximum Gasteiger partial charge on any atom is 0.271 e. The van der Waals surface area contributed by atoms with Crippen LogP contribution in [0, 0.1) is 15.9 Å². The van der Waals surface area contributed by atoms with Crippen LogP contribution < -0.4 is 5.32 Å². The lowest BCUT2D eigenvalue weighted by atomic mass is 9.98. The van der Waals surface area contributed by atoms with Gasteiger partial charge in [0.2, 0.25) is 0 Å². The van der Waals surface area contributed by atoms with Crippen molar-refractivity contribution in [1.29, 1.82) is 0 Å². The van der Waals surface area contributed by atoms with Crippen molar-refractivity contribution < 1.29 is 14.1 Å². The SMILES string of the molecule is O=C(NC(Cc1ccccc1)c1ccccc1)c1cc(-c2ccccc2F)nn1-c1cccc([N+](=O)[O-])c1. The topological polar surface area (TPSA) is 90.1 Å². The molecule has 4 aromatic carbocycles. The number of benzene rings is 4. The normalized spacial score (nSPS) is 11.6. The molecule has 5 aromatic rings. The van der Waals surface area contributed by atoms with Crippen molar-refractivity contribution in [2.75, 3.05) is 0 Å². The summed E-state index contributed by atoms with van der Waals surface area (Å²) in [7, 11) is 0. The summed E-state index contributed by atoms with van der Waals surface area (Å²) in [4.78, 5) is 24.6. The molecule has 8 heteroatoms. The molecule has 0 aliphatic rings. The second-order valence-corrected chi connectivity index (χ2v) is 8.71. The standard InChI is InChI=1S/C30H23FN4O3/c31-26-17-8-7-16-25(26)28-20-29(34(33-28)23-14-9-15-24(19-23)35(37)38)30(36)32-27(22-12-5-2-6-13-22)18-21-10-3-1-4-11-21/h1-17,19-20,27H,18H2,(H,32,36). The van der Waals surface area contributed by atoms with Crippen LogP contribution in [-0.4, -0.2) is 20.6 Å². The number of hydrogen-bond donors (Lipinski definition) is 1. The fourth-order valence-corrected chi connectivity index (χ4v) is 4.30. The molecule has 0 radical (unpaired) electrons. The number of carbonyl (C=O) groups excluding carboxylic acids is 1. The van der Waals surface area contributed by atoms with E-state index in [0.29, 0.717) is 12.1 Å². The highest BCUT2D eigenvalue weighted by Crippen LogP contribution is 2.27. The van der Waals surface area contributed by atoms with Gasteiger partial charge in [-0.05, 0) is 41.8 Å². The molecule has 7 nitrogen and oxygen atoms in total. The number of rotatable bonds is 8. The largest absolute Gasteiger partial charge is 0.344 e. The molecular weight excluding hydrogens is 483 g/mol. The first-order chi connectivity index (χ1) is 18.5. The number of non-ortho nitro benzene ring substituents is 1. The Balaban J connectivity index is 1.57. The summed E-state index contributed by atoms with van der Waals surface area (Å²) in [5.74, 6) is -0.939. The Morgan fingerprint density at radius 3 is 2.29 bits per heavy atom. The van der Waals surface area contributed by atoms with E-state index in [1.807, 2.05) is 60.7 Å².